The van der Waals surface area contributed by atoms with E-state index in [1.54, 1.807) is 0 Å². The molecule has 43 heavy (non-hydrogen) atoms. The van der Waals surface area contributed by atoms with Crippen molar-refractivity contribution in [3.8, 4) is 11.8 Å². The number of allylic oxidation sites excluding steroid dienone is 13. The van der Waals surface area contributed by atoms with Crippen LogP contribution in [0.3, 0.4) is 0 Å². The molecule has 0 spiro atoms. The minimum atomic E-state index is -0.254. The highest BCUT2D eigenvalue weighted by molar-refractivity contribution is 5.44. The molecule has 0 aromatic rings. The first-order valence-electron chi connectivity index (χ1n) is 16.3. The summed E-state index contributed by atoms with van der Waals surface area (Å²) in [5, 5.41) is 20.4. The first-order valence-corrected chi connectivity index (χ1v) is 16.3. The van der Waals surface area contributed by atoms with Crippen LogP contribution in [-0.2, 0) is 4.74 Å². The predicted octanol–water partition coefficient (Wildman–Crippen LogP) is 9.51. The molecule has 0 amide bonds. The highest BCUT2D eigenvalue weighted by Crippen LogP contribution is 2.67. The van der Waals surface area contributed by atoms with Crippen LogP contribution in [0.5, 0.6) is 0 Å². The molecule has 0 aromatic carbocycles. The summed E-state index contributed by atoms with van der Waals surface area (Å²) in [5.41, 5.74) is 5.66. The van der Waals surface area contributed by atoms with Crippen molar-refractivity contribution in [1.29, 1.82) is 0 Å². The lowest BCUT2D eigenvalue weighted by atomic mass is 9.61. The third-order valence-corrected chi connectivity index (χ3v) is 9.85. The third-order valence-electron chi connectivity index (χ3n) is 9.85. The molecule has 0 aromatic heterocycles. The highest BCUT2D eigenvalue weighted by atomic mass is 16.6. The van der Waals surface area contributed by atoms with Crippen molar-refractivity contribution >= 4 is 0 Å². The Balaban J connectivity index is 1.43. The van der Waals surface area contributed by atoms with Gasteiger partial charge in [0.05, 0.1) is 17.8 Å². The summed E-state index contributed by atoms with van der Waals surface area (Å²) in [5.74, 6) is 7.16. The van der Waals surface area contributed by atoms with E-state index < -0.39 is 0 Å². The molecule has 3 rings (SSSR count). The van der Waals surface area contributed by atoms with Gasteiger partial charge in [0, 0.05) is 17.4 Å². The largest absolute Gasteiger partial charge is 0.393 e. The zero-order valence-corrected chi connectivity index (χ0v) is 28.7. The molecule has 3 aliphatic rings. The van der Waals surface area contributed by atoms with Crippen LogP contribution in [-0.4, -0.2) is 33.6 Å². The summed E-state index contributed by atoms with van der Waals surface area (Å²) < 4.78 is 6.34. The molecular formula is C40H58O3. The Bertz CT molecular complexity index is 1280. The predicted molar refractivity (Wildman–Crippen MR) is 182 cm³/mol. The summed E-state index contributed by atoms with van der Waals surface area (Å²) in [6.45, 7) is 21.7. The van der Waals surface area contributed by atoms with Crippen LogP contribution in [0.2, 0.25) is 0 Å². The Labute approximate surface area is 263 Å². The van der Waals surface area contributed by atoms with Gasteiger partial charge >= 0.3 is 0 Å². The van der Waals surface area contributed by atoms with Gasteiger partial charge in [0.15, 0.2) is 0 Å². The van der Waals surface area contributed by atoms with Gasteiger partial charge in [-0.2, -0.15) is 0 Å². The van der Waals surface area contributed by atoms with Gasteiger partial charge in [0.1, 0.15) is 5.60 Å². The minimum absolute atomic E-state index is 0.00524. The maximum absolute atomic E-state index is 10.3. The van der Waals surface area contributed by atoms with E-state index in [1.165, 1.54) is 22.3 Å². The van der Waals surface area contributed by atoms with Crippen LogP contribution in [0.1, 0.15) is 114 Å². The average molecular weight is 587 g/mol. The van der Waals surface area contributed by atoms with Crippen LogP contribution in [0, 0.1) is 28.6 Å². The van der Waals surface area contributed by atoms with E-state index in [0.29, 0.717) is 5.92 Å². The number of ether oxygens (including phenoxy) is 1. The topological polar surface area (TPSA) is 53.0 Å². The molecule has 3 heteroatoms. The SMILES string of the molecule is CC1=C(C#C/C(C)=C/C=C/C(C)C\C=C/C=C(C)\C=C/C=C(/C)CC[C@@]23O[C@]2(C)C[C@@H](O)CC3(C)C)C(C)(C)C[C@H](O)C1. The maximum atomic E-state index is 10.3. The van der Waals surface area contributed by atoms with Crippen LogP contribution in [0.15, 0.2) is 82.5 Å². The van der Waals surface area contributed by atoms with E-state index >= 15 is 0 Å². The average Bonchev–Trinajstić information content (AvgIpc) is 3.49. The van der Waals surface area contributed by atoms with E-state index in [0.717, 1.165) is 50.5 Å². The molecule has 1 heterocycles. The smallest absolute Gasteiger partial charge is 0.103 e. The Morgan fingerprint density at radius 1 is 0.953 bits per heavy atom. The van der Waals surface area contributed by atoms with Gasteiger partial charge < -0.3 is 14.9 Å². The number of fused-ring (bicyclic) bond motifs is 1. The molecule has 5 atom stereocenters. The normalized spacial score (nSPS) is 31.9. The molecule has 1 saturated heterocycles. The Hall–Kier alpha value is -2.38. The van der Waals surface area contributed by atoms with Gasteiger partial charge in [-0.05, 0) is 90.0 Å². The standard InChI is InChI=1S/C40H58O3/c1-29(17-13-19-31(3)21-22-36-33(5)25-34(41)26-37(36,6)7)15-11-12-16-30(2)18-14-20-32(4)23-24-40-38(8,9)27-35(42)28-39(40,10)43-40/h11-14,16-20,29,34-35,41-42H,15,23-28H2,1-10H3/b12-11-,17-13+,18-14-,30-16-,31-19+,32-20-/t29?,34-,35+,39-,40+/m1/s1. The van der Waals surface area contributed by atoms with Crippen LogP contribution in [0.25, 0.3) is 0 Å². The van der Waals surface area contributed by atoms with Gasteiger partial charge in [0.25, 0.3) is 0 Å². The second kappa shape index (κ2) is 14.2. The van der Waals surface area contributed by atoms with E-state index in [9.17, 15) is 10.2 Å². The summed E-state index contributed by atoms with van der Waals surface area (Å²) in [6, 6.07) is 0. The van der Waals surface area contributed by atoms with Crippen molar-refractivity contribution in [1.82, 2.24) is 0 Å². The number of epoxide rings is 1. The molecule has 1 saturated carbocycles. The Morgan fingerprint density at radius 2 is 1.67 bits per heavy atom. The molecule has 0 radical (unpaired) electrons. The van der Waals surface area contributed by atoms with Crippen molar-refractivity contribution in [2.75, 3.05) is 0 Å². The molecule has 2 fully saturated rings. The van der Waals surface area contributed by atoms with E-state index in [-0.39, 0.29) is 34.2 Å². The monoisotopic (exact) mass is 586 g/mol. The quantitative estimate of drug-likeness (QED) is 0.152. The zero-order valence-electron chi connectivity index (χ0n) is 28.7. The number of hydrogen-bond donors (Lipinski definition) is 2. The van der Waals surface area contributed by atoms with Crippen LogP contribution >= 0.6 is 0 Å². The number of rotatable bonds is 10. The fourth-order valence-corrected chi connectivity index (χ4v) is 7.48. The lowest BCUT2D eigenvalue weighted by molar-refractivity contribution is 0.0318. The van der Waals surface area contributed by atoms with Gasteiger partial charge in [-0.15, -0.1) is 0 Å². The molecule has 1 unspecified atom stereocenters. The first-order chi connectivity index (χ1) is 20.0. The first kappa shape index (κ1) is 35.1. The lowest BCUT2D eigenvalue weighted by Gasteiger charge is -2.40. The Morgan fingerprint density at radius 3 is 2.35 bits per heavy atom. The van der Waals surface area contributed by atoms with Crippen LogP contribution in [0.4, 0.5) is 0 Å². The van der Waals surface area contributed by atoms with E-state index in [1.807, 2.05) is 0 Å². The molecule has 0 bridgehead atoms. The van der Waals surface area contributed by atoms with Gasteiger partial charge in [-0.1, -0.05) is 118 Å². The van der Waals surface area contributed by atoms with Gasteiger partial charge in [0.2, 0.25) is 0 Å². The number of aliphatic hydroxyl groups excluding tert-OH is 2. The summed E-state index contributed by atoms with van der Waals surface area (Å²) in [6.07, 6.45) is 25.1. The Kier molecular flexibility index (Phi) is 11.6. The third kappa shape index (κ3) is 9.07. The van der Waals surface area contributed by atoms with Crippen molar-refractivity contribution in [2.45, 2.75) is 138 Å². The lowest BCUT2D eigenvalue weighted by Crippen LogP contribution is -2.47. The minimum Gasteiger partial charge on any atom is -0.393 e. The zero-order chi connectivity index (χ0) is 32.1. The second-order valence-electron chi connectivity index (χ2n) is 15.1. The molecule has 236 valence electrons. The van der Waals surface area contributed by atoms with Crippen LogP contribution < -0.4 is 0 Å². The maximum Gasteiger partial charge on any atom is 0.103 e. The number of aliphatic hydroxyl groups is 2. The summed E-state index contributed by atoms with van der Waals surface area (Å²) in [4.78, 5) is 0. The molecule has 1 aliphatic heterocycles. The molecular weight excluding hydrogens is 528 g/mol. The second-order valence-corrected chi connectivity index (χ2v) is 15.1. The fourth-order valence-electron chi connectivity index (χ4n) is 7.48. The fraction of sp³-hybridized carbons (Fsp3) is 0.600. The van der Waals surface area contributed by atoms with Crippen molar-refractivity contribution in [2.24, 2.45) is 16.7 Å². The molecule has 2 N–H and O–H groups in total. The van der Waals surface area contributed by atoms with E-state index in [4.69, 9.17) is 4.74 Å². The van der Waals surface area contributed by atoms with Gasteiger partial charge in [-0.25, -0.2) is 0 Å². The van der Waals surface area contributed by atoms with Gasteiger partial charge in [-0.3, -0.25) is 0 Å². The summed E-state index contributed by atoms with van der Waals surface area (Å²) in [7, 11) is 0. The summed E-state index contributed by atoms with van der Waals surface area (Å²) >= 11 is 0. The highest BCUT2D eigenvalue weighted by Gasteiger charge is 2.75. The molecule has 2 aliphatic carbocycles. The van der Waals surface area contributed by atoms with Crippen molar-refractivity contribution < 1.29 is 14.9 Å². The van der Waals surface area contributed by atoms with Crippen molar-refractivity contribution in [3.63, 3.8) is 0 Å². The number of hydrogen-bond acceptors (Lipinski definition) is 3. The molecule has 3 nitrogen and oxygen atoms in total. The van der Waals surface area contributed by atoms with E-state index in [2.05, 4.69) is 136 Å². The van der Waals surface area contributed by atoms with Crippen molar-refractivity contribution in [3.05, 3.63) is 82.5 Å².